The second-order valence-electron chi connectivity index (χ2n) is 6.73. The van der Waals surface area contributed by atoms with Crippen molar-refractivity contribution >= 4 is 18.3 Å². The Labute approximate surface area is 163 Å². The number of hydrogen-bond acceptors (Lipinski definition) is 5. The summed E-state index contributed by atoms with van der Waals surface area (Å²) in [4.78, 5) is 16.7. The first-order chi connectivity index (χ1) is 12.0. The van der Waals surface area contributed by atoms with Gasteiger partial charge < -0.3 is 20.1 Å². The Morgan fingerprint density at radius 3 is 2.12 bits per heavy atom. The van der Waals surface area contributed by atoms with Gasteiger partial charge >= 0.3 is 0 Å². The van der Waals surface area contributed by atoms with E-state index in [0.717, 1.165) is 56.2 Å². The zero-order valence-corrected chi connectivity index (χ0v) is 17.1. The maximum Gasteiger partial charge on any atom is 0.239 e. The molecule has 1 aromatic carbocycles. The molecule has 0 bridgehead atoms. The van der Waals surface area contributed by atoms with Crippen molar-refractivity contribution in [3.8, 4) is 11.5 Å². The molecule has 1 saturated heterocycles. The third-order valence-electron chi connectivity index (χ3n) is 5.04. The molecule has 2 N–H and O–H groups in total. The highest BCUT2D eigenvalue weighted by Crippen LogP contribution is 2.23. The highest BCUT2D eigenvalue weighted by molar-refractivity contribution is 5.85. The van der Waals surface area contributed by atoms with Crippen LogP contribution in [-0.4, -0.2) is 62.1 Å². The maximum absolute atomic E-state index is 12.5. The molecule has 2 unspecified atom stereocenters. The van der Waals surface area contributed by atoms with Crippen LogP contribution in [0.25, 0.3) is 0 Å². The summed E-state index contributed by atoms with van der Waals surface area (Å²) in [6.45, 7) is 8.06. The molecule has 0 aromatic heterocycles. The van der Waals surface area contributed by atoms with Crippen molar-refractivity contribution in [2.45, 2.75) is 32.9 Å². The molecule has 1 aliphatic rings. The van der Waals surface area contributed by atoms with Crippen molar-refractivity contribution in [1.82, 2.24) is 9.80 Å². The van der Waals surface area contributed by atoms with Gasteiger partial charge in [-0.3, -0.25) is 9.69 Å². The predicted molar refractivity (Wildman–Crippen MR) is 106 cm³/mol. The lowest BCUT2D eigenvalue weighted by atomic mass is 9.98. The van der Waals surface area contributed by atoms with E-state index in [9.17, 15) is 4.79 Å². The molecule has 6 nitrogen and oxygen atoms in total. The van der Waals surface area contributed by atoms with Gasteiger partial charge in [0.15, 0.2) is 0 Å². The minimum Gasteiger partial charge on any atom is -0.497 e. The molecule has 26 heavy (non-hydrogen) atoms. The van der Waals surface area contributed by atoms with E-state index in [4.69, 9.17) is 15.2 Å². The van der Waals surface area contributed by atoms with Crippen LogP contribution in [0.15, 0.2) is 18.2 Å². The van der Waals surface area contributed by atoms with Gasteiger partial charge in [-0.25, -0.2) is 0 Å². The smallest absolute Gasteiger partial charge is 0.239 e. The maximum atomic E-state index is 12.5. The van der Waals surface area contributed by atoms with E-state index in [1.807, 2.05) is 30.0 Å². The van der Waals surface area contributed by atoms with Gasteiger partial charge in [-0.15, -0.1) is 12.4 Å². The number of ether oxygens (including phenoxy) is 2. The Morgan fingerprint density at radius 1 is 1.12 bits per heavy atom. The Hall–Kier alpha value is -1.50. The monoisotopic (exact) mass is 385 g/mol. The van der Waals surface area contributed by atoms with E-state index < -0.39 is 0 Å². The molecule has 0 saturated carbocycles. The zero-order chi connectivity index (χ0) is 18.4. The summed E-state index contributed by atoms with van der Waals surface area (Å²) in [5, 5.41) is 0. The summed E-state index contributed by atoms with van der Waals surface area (Å²) in [6.07, 6.45) is 0.921. The van der Waals surface area contributed by atoms with Gasteiger partial charge in [0, 0.05) is 38.8 Å². The number of nitrogens with two attached hydrogens (primary N) is 1. The van der Waals surface area contributed by atoms with Gasteiger partial charge in [-0.05, 0) is 23.6 Å². The van der Waals surface area contributed by atoms with Gasteiger partial charge in [-0.1, -0.05) is 20.3 Å². The van der Waals surface area contributed by atoms with Crippen molar-refractivity contribution in [2.24, 2.45) is 11.7 Å². The fraction of sp³-hybridized carbons (Fsp3) is 0.632. The van der Waals surface area contributed by atoms with Crippen LogP contribution in [0.1, 0.15) is 25.8 Å². The van der Waals surface area contributed by atoms with Crippen molar-refractivity contribution in [3.05, 3.63) is 23.8 Å². The minimum absolute atomic E-state index is 0. The molecular weight excluding hydrogens is 354 g/mol. The largest absolute Gasteiger partial charge is 0.497 e. The van der Waals surface area contributed by atoms with Crippen LogP contribution in [0.2, 0.25) is 0 Å². The van der Waals surface area contributed by atoms with Crippen molar-refractivity contribution in [1.29, 1.82) is 0 Å². The number of methoxy groups -OCH3 is 2. The molecule has 0 radical (unpaired) electrons. The van der Waals surface area contributed by atoms with Gasteiger partial charge in [0.2, 0.25) is 5.91 Å². The Kier molecular flexibility index (Phi) is 9.19. The average molecular weight is 386 g/mol. The lowest BCUT2D eigenvalue weighted by Crippen LogP contribution is -2.54. The molecule has 1 fully saturated rings. The Morgan fingerprint density at radius 2 is 1.65 bits per heavy atom. The summed E-state index contributed by atoms with van der Waals surface area (Å²) in [6, 6.07) is 5.54. The standard InChI is InChI=1S/C19H31N3O3.ClH/c1-5-14(2)18(20)19(23)22-8-6-21(7-9-22)13-15-10-16(24-3)12-17(11-15)25-4;/h10-12,14,18H,5-9,13,20H2,1-4H3;1H. The molecule has 1 amide bonds. The fourth-order valence-corrected chi connectivity index (χ4v) is 3.05. The summed E-state index contributed by atoms with van der Waals surface area (Å²) >= 11 is 0. The van der Waals surface area contributed by atoms with E-state index in [1.165, 1.54) is 0 Å². The van der Waals surface area contributed by atoms with E-state index in [1.54, 1.807) is 14.2 Å². The third-order valence-corrected chi connectivity index (χ3v) is 5.04. The number of nitrogens with zero attached hydrogens (tertiary/aromatic N) is 2. The lowest BCUT2D eigenvalue weighted by Gasteiger charge is -2.36. The predicted octanol–water partition coefficient (Wildman–Crippen LogP) is 2.14. The quantitative estimate of drug-likeness (QED) is 0.778. The van der Waals surface area contributed by atoms with E-state index in [-0.39, 0.29) is 30.3 Å². The molecule has 1 aromatic rings. The van der Waals surface area contributed by atoms with Gasteiger partial charge in [0.1, 0.15) is 11.5 Å². The van der Waals surface area contributed by atoms with Crippen molar-refractivity contribution in [3.63, 3.8) is 0 Å². The summed E-state index contributed by atoms with van der Waals surface area (Å²) < 4.78 is 10.7. The minimum atomic E-state index is -0.390. The van der Waals surface area contributed by atoms with E-state index >= 15 is 0 Å². The summed E-state index contributed by atoms with van der Waals surface area (Å²) in [7, 11) is 3.31. The van der Waals surface area contributed by atoms with E-state index in [0.29, 0.717) is 0 Å². The number of amides is 1. The van der Waals surface area contributed by atoms with E-state index in [2.05, 4.69) is 11.8 Å². The topological polar surface area (TPSA) is 68.0 Å². The van der Waals surface area contributed by atoms with Gasteiger partial charge in [0.05, 0.1) is 20.3 Å². The van der Waals surface area contributed by atoms with Crippen molar-refractivity contribution in [2.75, 3.05) is 40.4 Å². The van der Waals surface area contributed by atoms with Crippen LogP contribution < -0.4 is 15.2 Å². The first-order valence-corrected chi connectivity index (χ1v) is 8.97. The number of carbonyl (C=O) groups is 1. The molecule has 0 aliphatic carbocycles. The lowest BCUT2D eigenvalue weighted by molar-refractivity contribution is -0.135. The van der Waals surface area contributed by atoms with Crippen LogP contribution in [-0.2, 0) is 11.3 Å². The first kappa shape index (κ1) is 22.5. The number of carbonyl (C=O) groups excluding carboxylic acids is 1. The molecule has 2 rings (SSSR count). The zero-order valence-electron chi connectivity index (χ0n) is 16.2. The molecule has 1 aliphatic heterocycles. The number of hydrogen-bond donors (Lipinski definition) is 1. The molecule has 148 valence electrons. The Balaban J connectivity index is 0.00000338. The number of halogens is 1. The Bertz CT molecular complexity index is 555. The third kappa shape index (κ3) is 5.76. The average Bonchev–Trinajstić information content (AvgIpc) is 2.66. The first-order valence-electron chi connectivity index (χ1n) is 8.97. The molecule has 7 heteroatoms. The van der Waals surface area contributed by atoms with Gasteiger partial charge in [-0.2, -0.15) is 0 Å². The second kappa shape index (κ2) is 10.6. The van der Waals surface area contributed by atoms with Crippen LogP contribution in [0.5, 0.6) is 11.5 Å². The number of rotatable bonds is 7. The number of piperazine rings is 1. The van der Waals surface area contributed by atoms with Crippen LogP contribution in [0, 0.1) is 5.92 Å². The SMILES string of the molecule is CCC(C)C(N)C(=O)N1CCN(Cc2cc(OC)cc(OC)c2)CC1.Cl. The normalized spacial score (nSPS) is 17.2. The van der Waals surface area contributed by atoms with Crippen LogP contribution in [0.4, 0.5) is 0 Å². The summed E-state index contributed by atoms with van der Waals surface area (Å²) in [5.74, 6) is 1.89. The fourth-order valence-electron chi connectivity index (χ4n) is 3.05. The highest BCUT2D eigenvalue weighted by Gasteiger charge is 2.27. The second-order valence-corrected chi connectivity index (χ2v) is 6.73. The van der Waals surface area contributed by atoms with Crippen molar-refractivity contribution < 1.29 is 14.3 Å². The molecule has 0 spiro atoms. The van der Waals surface area contributed by atoms with Crippen LogP contribution in [0.3, 0.4) is 0 Å². The van der Waals surface area contributed by atoms with Gasteiger partial charge in [0.25, 0.3) is 0 Å². The highest BCUT2D eigenvalue weighted by atomic mass is 35.5. The molecular formula is C19H32ClN3O3. The van der Waals surface area contributed by atoms with Crippen LogP contribution >= 0.6 is 12.4 Å². The summed E-state index contributed by atoms with van der Waals surface area (Å²) in [5.41, 5.74) is 7.24. The molecule has 1 heterocycles. The molecule has 2 atom stereocenters. The number of benzene rings is 1.